The van der Waals surface area contributed by atoms with E-state index >= 15 is 0 Å². The van der Waals surface area contributed by atoms with Crippen LogP contribution in [0.3, 0.4) is 0 Å². The summed E-state index contributed by atoms with van der Waals surface area (Å²) in [5, 5.41) is 7.06. The number of aromatic nitrogens is 1. The van der Waals surface area contributed by atoms with Crippen molar-refractivity contribution >= 4 is 17.6 Å². The summed E-state index contributed by atoms with van der Waals surface area (Å²) in [7, 11) is 4.84. The highest BCUT2D eigenvalue weighted by molar-refractivity contribution is 6.29. The molecule has 0 saturated heterocycles. The summed E-state index contributed by atoms with van der Waals surface area (Å²) in [6, 6.07) is 7.40. The highest BCUT2D eigenvalue weighted by atomic mass is 35.5. The lowest BCUT2D eigenvalue weighted by atomic mass is 10.1. The molecular weight excluding hydrogens is 380 g/mol. The van der Waals surface area contributed by atoms with Crippen LogP contribution in [0.25, 0.3) is 0 Å². The van der Waals surface area contributed by atoms with Crippen LogP contribution in [0.5, 0.6) is 17.2 Å². The Hall–Kier alpha value is -2.67. The summed E-state index contributed by atoms with van der Waals surface area (Å²) in [6.07, 6.45) is 2.59. The van der Waals surface area contributed by atoms with Crippen molar-refractivity contribution in [3.63, 3.8) is 0 Å². The molecule has 0 amide bonds. The van der Waals surface area contributed by atoms with Gasteiger partial charge in [0.15, 0.2) is 5.96 Å². The number of hydrogen-bond donors (Lipinski definition) is 2. The molecule has 152 valence electrons. The van der Waals surface area contributed by atoms with Gasteiger partial charge in [0.1, 0.15) is 22.4 Å². The summed E-state index contributed by atoms with van der Waals surface area (Å²) in [6.45, 7) is 3.89. The largest absolute Gasteiger partial charge is 0.496 e. The predicted molar refractivity (Wildman–Crippen MR) is 112 cm³/mol. The molecule has 0 saturated carbocycles. The molecule has 0 unspecified atom stereocenters. The molecule has 1 heterocycles. The molecule has 28 heavy (non-hydrogen) atoms. The summed E-state index contributed by atoms with van der Waals surface area (Å²) in [4.78, 5) is 8.75. The van der Waals surface area contributed by atoms with Crippen LogP contribution in [0.15, 0.2) is 35.5 Å². The molecule has 2 rings (SSSR count). The molecule has 2 aromatic rings. The fourth-order valence-corrected chi connectivity index (χ4v) is 2.72. The lowest BCUT2D eigenvalue weighted by Gasteiger charge is -2.15. The molecule has 1 aromatic heterocycles. The zero-order chi connectivity index (χ0) is 20.4. The molecular formula is C20H27ClN4O3. The maximum atomic E-state index is 5.82. The third-order valence-electron chi connectivity index (χ3n) is 4.05. The van der Waals surface area contributed by atoms with Gasteiger partial charge in [0.2, 0.25) is 0 Å². The molecule has 7 nitrogen and oxygen atoms in total. The second-order valence-electron chi connectivity index (χ2n) is 5.87. The minimum atomic E-state index is 0.397. The molecule has 0 atom stereocenters. The van der Waals surface area contributed by atoms with Gasteiger partial charge >= 0.3 is 0 Å². The number of ether oxygens (including phenoxy) is 3. The van der Waals surface area contributed by atoms with Gasteiger partial charge in [-0.2, -0.15) is 0 Å². The van der Waals surface area contributed by atoms with Crippen molar-refractivity contribution < 1.29 is 14.2 Å². The van der Waals surface area contributed by atoms with Crippen molar-refractivity contribution in [1.82, 2.24) is 15.6 Å². The molecule has 0 radical (unpaired) electrons. The van der Waals surface area contributed by atoms with E-state index in [9.17, 15) is 0 Å². The number of nitrogens with one attached hydrogen (secondary N) is 2. The zero-order valence-corrected chi connectivity index (χ0v) is 17.5. The Morgan fingerprint density at radius 2 is 1.79 bits per heavy atom. The van der Waals surface area contributed by atoms with E-state index in [1.807, 2.05) is 25.1 Å². The van der Waals surface area contributed by atoms with E-state index in [0.29, 0.717) is 41.5 Å². The summed E-state index contributed by atoms with van der Waals surface area (Å²) >= 11 is 5.82. The first-order chi connectivity index (χ1) is 13.6. The normalized spacial score (nSPS) is 11.1. The Bertz CT molecular complexity index is 757. The number of methoxy groups -OCH3 is 3. The third kappa shape index (κ3) is 6.20. The highest BCUT2D eigenvalue weighted by Gasteiger charge is 2.13. The predicted octanol–water partition coefficient (Wildman–Crippen LogP) is 3.06. The van der Waals surface area contributed by atoms with Gasteiger partial charge < -0.3 is 24.8 Å². The molecule has 0 spiro atoms. The van der Waals surface area contributed by atoms with E-state index in [1.54, 1.807) is 33.6 Å². The average Bonchev–Trinajstić information content (AvgIpc) is 2.72. The minimum absolute atomic E-state index is 0.397. The SMILES string of the molecule is CCNC(=NCc1c(OC)cc(OC)cc1OC)NCCc1ccc(Cl)nc1. The maximum Gasteiger partial charge on any atom is 0.191 e. The Kier molecular flexibility index (Phi) is 8.68. The molecule has 2 N–H and O–H groups in total. The van der Waals surface area contributed by atoms with Crippen molar-refractivity contribution in [3.05, 3.63) is 46.7 Å². The van der Waals surface area contributed by atoms with Gasteiger partial charge in [-0.1, -0.05) is 17.7 Å². The van der Waals surface area contributed by atoms with E-state index < -0.39 is 0 Å². The number of rotatable bonds is 9. The second-order valence-corrected chi connectivity index (χ2v) is 6.26. The van der Waals surface area contributed by atoms with Crippen LogP contribution in [0.2, 0.25) is 5.15 Å². The lowest BCUT2D eigenvalue weighted by molar-refractivity contribution is 0.369. The Balaban J connectivity index is 2.08. The van der Waals surface area contributed by atoms with E-state index in [1.165, 1.54) is 0 Å². The van der Waals surface area contributed by atoms with Crippen LogP contribution in [0, 0.1) is 0 Å². The van der Waals surface area contributed by atoms with Gasteiger partial charge in [-0.25, -0.2) is 9.98 Å². The van der Waals surface area contributed by atoms with E-state index in [4.69, 9.17) is 25.8 Å². The van der Waals surface area contributed by atoms with Gasteiger partial charge in [0.25, 0.3) is 0 Å². The molecule has 0 fully saturated rings. The molecule has 0 aliphatic carbocycles. The van der Waals surface area contributed by atoms with Gasteiger partial charge in [-0.05, 0) is 25.0 Å². The van der Waals surface area contributed by atoms with Crippen molar-refractivity contribution in [2.75, 3.05) is 34.4 Å². The van der Waals surface area contributed by atoms with E-state index in [0.717, 1.165) is 24.1 Å². The molecule has 0 aliphatic rings. The van der Waals surface area contributed by atoms with Crippen LogP contribution in [-0.4, -0.2) is 45.4 Å². The van der Waals surface area contributed by atoms with Crippen LogP contribution >= 0.6 is 11.6 Å². The molecule has 8 heteroatoms. The number of guanidine groups is 1. The van der Waals surface area contributed by atoms with Crippen LogP contribution in [-0.2, 0) is 13.0 Å². The number of pyridine rings is 1. The molecule has 0 aliphatic heterocycles. The monoisotopic (exact) mass is 406 g/mol. The lowest BCUT2D eigenvalue weighted by Crippen LogP contribution is -2.38. The molecule has 1 aromatic carbocycles. The van der Waals surface area contributed by atoms with E-state index in [-0.39, 0.29) is 0 Å². The second kappa shape index (κ2) is 11.2. The van der Waals surface area contributed by atoms with Crippen molar-refractivity contribution in [2.24, 2.45) is 4.99 Å². The number of hydrogen-bond acceptors (Lipinski definition) is 5. The highest BCUT2D eigenvalue weighted by Crippen LogP contribution is 2.34. The van der Waals surface area contributed by atoms with Crippen molar-refractivity contribution in [1.29, 1.82) is 0 Å². The van der Waals surface area contributed by atoms with Gasteiger partial charge in [0.05, 0.1) is 33.4 Å². The van der Waals surface area contributed by atoms with Crippen LogP contribution in [0.1, 0.15) is 18.1 Å². The van der Waals surface area contributed by atoms with Crippen LogP contribution in [0.4, 0.5) is 0 Å². The van der Waals surface area contributed by atoms with Gasteiger partial charge in [-0.3, -0.25) is 0 Å². The topological polar surface area (TPSA) is 77.0 Å². The third-order valence-corrected chi connectivity index (χ3v) is 4.27. The fourth-order valence-electron chi connectivity index (χ4n) is 2.61. The van der Waals surface area contributed by atoms with Crippen LogP contribution < -0.4 is 24.8 Å². The first kappa shape index (κ1) is 21.6. The zero-order valence-electron chi connectivity index (χ0n) is 16.7. The Morgan fingerprint density at radius 1 is 1.07 bits per heavy atom. The number of halogens is 1. The smallest absolute Gasteiger partial charge is 0.191 e. The average molecular weight is 407 g/mol. The quantitative estimate of drug-likeness (QED) is 0.378. The first-order valence-electron chi connectivity index (χ1n) is 9.02. The standard InChI is InChI=1S/C20H27ClN4O3/c1-5-22-20(23-9-8-14-6-7-19(21)24-12-14)25-13-16-17(27-3)10-15(26-2)11-18(16)28-4/h6-7,10-12H,5,8-9,13H2,1-4H3,(H2,22,23,25). The van der Waals surface area contributed by atoms with Gasteiger partial charge in [-0.15, -0.1) is 0 Å². The first-order valence-corrected chi connectivity index (χ1v) is 9.40. The summed E-state index contributed by atoms with van der Waals surface area (Å²) in [5.41, 5.74) is 1.95. The summed E-state index contributed by atoms with van der Waals surface area (Å²) in [5.74, 6) is 2.72. The number of aliphatic imine (C=N–C) groups is 1. The number of nitrogens with zero attached hydrogens (tertiary/aromatic N) is 2. The van der Waals surface area contributed by atoms with Gasteiger partial charge in [0, 0.05) is 31.4 Å². The fraction of sp³-hybridized carbons (Fsp3) is 0.400. The minimum Gasteiger partial charge on any atom is -0.496 e. The number of benzene rings is 1. The maximum absolute atomic E-state index is 5.82. The van der Waals surface area contributed by atoms with Crippen molar-refractivity contribution in [2.45, 2.75) is 19.9 Å². The van der Waals surface area contributed by atoms with Crippen molar-refractivity contribution in [3.8, 4) is 17.2 Å². The van der Waals surface area contributed by atoms with E-state index in [2.05, 4.69) is 20.6 Å². The Labute approximate surface area is 171 Å². The summed E-state index contributed by atoms with van der Waals surface area (Å²) < 4.78 is 16.3. The Morgan fingerprint density at radius 3 is 2.32 bits per heavy atom. The molecule has 0 bridgehead atoms.